The molecular weight excluding hydrogens is 240 g/mol. The Morgan fingerprint density at radius 1 is 1.11 bits per heavy atom. The molecule has 0 atom stereocenters. The molecule has 1 N–H and O–H groups in total. The van der Waals surface area contributed by atoms with Crippen molar-refractivity contribution in [2.45, 2.75) is 50.7 Å². The molecule has 0 aromatic carbocycles. The molecule has 0 bridgehead atoms. The van der Waals surface area contributed by atoms with Crippen molar-refractivity contribution >= 4 is 11.8 Å². The molecule has 0 unspecified atom stereocenters. The van der Waals surface area contributed by atoms with Gasteiger partial charge in [0.15, 0.2) is 0 Å². The summed E-state index contributed by atoms with van der Waals surface area (Å²) < 4.78 is 0.487. The van der Waals surface area contributed by atoms with E-state index in [0.717, 1.165) is 0 Å². The molecule has 2 fully saturated rings. The van der Waals surface area contributed by atoms with Crippen LogP contribution in [0.3, 0.4) is 0 Å². The smallest absolute Gasteiger partial charge is 0.0116 e. The Morgan fingerprint density at radius 2 is 1.83 bits per heavy atom. The first-order valence-corrected chi connectivity index (χ1v) is 8.55. The van der Waals surface area contributed by atoms with Crippen molar-refractivity contribution in [3.05, 3.63) is 0 Å². The Kier molecular flexibility index (Phi) is 5.01. The number of hydrogen-bond acceptors (Lipinski definition) is 3. The largest absolute Gasteiger partial charge is 0.319 e. The molecule has 18 heavy (non-hydrogen) atoms. The molecule has 3 heteroatoms. The quantitative estimate of drug-likeness (QED) is 0.845. The van der Waals surface area contributed by atoms with Crippen LogP contribution in [0, 0.1) is 5.41 Å². The standard InChI is InChI=1S/C15H30N2S/c1-14(2)8-9-17(10-11-18-14)13-15(12-16-3)6-4-5-7-15/h16H,4-13H2,1-3H3. The van der Waals surface area contributed by atoms with E-state index >= 15 is 0 Å². The predicted octanol–water partition coefficient (Wildman–Crippen LogP) is 2.98. The molecule has 2 nitrogen and oxygen atoms in total. The average molecular weight is 270 g/mol. The lowest BCUT2D eigenvalue weighted by Gasteiger charge is -2.35. The zero-order chi connectivity index (χ0) is 13.1. The maximum atomic E-state index is 3.44. The minimum absolute atomic E-state index is 0.487. The molecule has 1 saturated heterocycles. The summed E-state index contributed by atoms with van der Waals surface area (Å²) in [5.74, 6) is 1.31. The first-order valence-electron chi connectivity index (χ1n) is 7.56. The number of nitrogens with zero attached hydrogens (tertiary/aromatic N) is 1. The highest BCUT2D eigenvalue weighted by Crippen LogP contribution is 2.39. The van der Waals surface area contributed by atoms with Crippen LogP contribution in [0.5, 0.6) is 0 Å². The fraction of sp³-hybridized carbons (Fsp3) is 1.00. The highest BCUT2D eigenvalue weighted by atomic mass is 32.2. The summed E-state index contributed by atoms with van der Waals surface area (Å²) in [5.41, 5.74) is 0.577. The maximum absolute atomic E-state index is 3.44. The summed E-state index contributed by atoms with van der Waals surface area (Å²) in [6.45, 7) is 9.93. The lowest BCUT2D eigenvalue weighted by molar-refractivity contribution is 0.155. The van der Waals surface area contributed by atoms with Gasteiger partial charge in [-0.1, -0.05) is 26.7 Å². The Balaban J connectivity index is 1.91. The van der Waals surface area contributed by atoms with Crippen molar-refractivity contribution in [2.24, 2.45) is 5.41 Å². The third kappa shape index (κ3) is 3.88. The van der Waals surface area contributed by atoms with E-state index in [4.69, 9.17) is 0 Å². The number of rotatable bonds is 4. The van der Waals surface area contributed by atoms with Gasteiger partial charge in [-0.3, -0.25) is 0 Å². The molecule has 0 amide bonds. The van der Waals surface area contributed by atoms with Gasteiger partial charge in [0.05, 0.1) is 0 Å². The van der Waals surface area contributed by atoms with E-state index in [-0.39, 0.29) is 0 Å². The van der Waals surface area contributed by atoms with Gasteiger partial charge in [-0.25, -0.2) is 0 Å². The zero-order valence-corrected chi connectivity index (χ0v) is 13.2. The molecule has 1 saturated carbocycles. The Bertz CT molecular complexity index is 259. The Hall–Kier alpha value is 0.270. The molecule has 1 heterocycles. The normalized spacial score (nSPS) is 28.2. The van der Waals surface area contributed by atoms with Crippen LogP contribution in [0.4, 0.5) is 0 Å². The van der Waals surface area contributed by atoms with E-state index in [1.165, 1.54) is 64.0 Å². The van der Waals surface area contributed by atoms with Crippen molar-refractivity contribution in [1.29, 1.82) is 0 Å². The topological polar surface area (TPSA) is 15.3 Å². The van der Waals surface area contributed by atoms with Gasteiger partial charge in [0, 0.05) is 30.1 Å². The first-order chi connectivity index (χ1) is 8.55. The molecule has 0 aromatic rings. The van der Waals surface area contributed by atoms with Gasteiger partial charge in [0.2, 0.25) is 0 Å². The van der Waals surface area contributed by atoms with Crippen molar-refractivity contribution in [2.75, 3.05) is 39.0 Å². The third-order valence-electron chi connectivity index (χ3n) is 4.71. The van der Waals surface area contributed by atoms with Gasteiger partial charge >= 0.3 is 0 Å². The predicted molar refractivity (Wildman–Crippen MR) is 82.4 cm³/mol. The first kappa shape index (κ1) is 14.7. The average Bonchev–Trinajstić information content (AvgIpc) is 2.68. The van der Waals surface area contributed by atoms with Crippen LogP contribution >= 0.6 is 11.8 Å². The molecule has 2 rings (SSSR count). The molecule has 0 aromatic heterocycles. The maximum Gasteiger partial charge on any atom is 0.0116 e. The van der Waals surface area contributed by atoms with Crippen molar-refractivity contribution < 1.29 is 0 Å². The Labute approximate surface area is 117 Å². The van der Waals surface area contributed by atoms with Crippen LogP contribution in [0.2, 0.25) is 0 Å². The zero-order valence-electron chi connectivity index (χ0n) is 12.4. The summed E-state index contributed by atoms with van der Waals surface area (Å²) in [6.07, 6.45) is 7.08. The fourth-order valence-corrected chi connectivity index (χ4v) is 4.72. The minimum Gasteiger partial charge on any atom is -0.319 e. The van der Waals surface area contributed by atoms with Gasteiger partial charge in [0.25, 0.3) is 0 Å². The highest BCUT2D eigenvalue weighted by Gasteiger charge is 2.35. The summed E-state index contributed by atoms with van der Waals surface area (Å²) in [6, 6.07) is 0. The second-order valence-corrected chi connectivity index (χ2v) is 8.67. The van der Waals surface area contributed by atoms with Crippen molar-refractivity contribution in [3.8, 4) is 0 Å². The summed E-state index contributed by atoms with van der Waals surface area (Å²) >= 11 is 2.16. The van der Waals surface area contributed by atoms with Gasteiger partial charge in [0.1, 0.15) is 0 Å². The number of thioether (sulfide) groups is 1. The number of nitrogens with one attached hydrogen (secondary N) is 1. The van der Waals surface area contributed by atoms with E-state index in [1.807, 2.05) is 0 Å². The van der Waals surface area contributed by atoms with Crippen LogP contribution in [0.15, 0.2) is 0 Å². The van der Waals surface area contributed by atoms with Gasteiger partial charge in [-0.05, 0) is 38.3 Å². The Morgan fingerprint density at radius 3 is 2.50 bits per heavy atom. The number of hydrogen-bond donors (Lipinski definition) is 1. The minimum atomic E-state index is 0.487. The molecule has 106 valence electrons. The van der Waals surface area contributed by atoms with Crippen LogP contribution in [-0.2, 0) is 0 Å². The molecular formula is C15H30N2S. The van der Waals surface area contributed by atoms with E-state index in [1.54, 1.807) is 0 Å². The van der Waals surface area contributed by atoms with Crippen LogP contribution in [0.1, 0.15) is 46.0 Å². The second-order valence-electron chi connectivity index (χ2n) is 6.87. The van der Waals surface area contributed by atoms with Gasteiger partial charge in [-0.15, -0.1) is 0 Å². The molecule has 2 aliphatic rings. The van der Waals surface area contributed by atoms with E-state index in [9.17, 15) is 0 Å². The van der Waals surface area contributed by atoms with Crippen LogP contribution < -0.4 is 5.32 Å². The SMILES string of the molecule is CNCC1(CN2CCSC(C)(C)CC2)CCCC1. The van der Waals surface area contributed by atoms with Crippen molar-refractivity contribution in [1.82, 2.24) is 10.2 Å². The van der Waals surface area contributed by atoms with Gasteiger partial charge < -0.3 is 10.2 Å². The lowest BCUT2D eigenvalue weighted by Crippen LogP contribution is -2.42. The summed E-state index contributed by atoms with van der Waals surface area (Å²) in [4.78, 5) is 2.74. The van der Waals surface area contributed by atoms with E-state index < -0.39 is 0 Å². The van der Waals surface area contributed by atoms with Crippen LogP contribution in [0.25, 0.3) is 0 Å². The summed E-state index contributed by atoms with van der Waals surface area (Å²) in [5, 5.41) is 3.44. The van der Waals surface area contributed by atoms with Gasteiger partial charge in [-0.2, -0.15) is 11.8 Å². The molecule has 0 spiro atoms. The molecule has 1 aliphatic heterocycles. The second kappa shape index (κ2) is 6.15. The molecule has 0 radical (unpaired) electrons. The van der Waals surface area contributed by atoms with E-state index in [2.05, 4.69) is 42.9 Å². The van der Waals surface area contributed by atoms with Crippen LogP contribution in [-0.4, -0.2) is 48.6 Å². The third-order valence-corrected chi connectivity index (χ3v) is 6.08. The highest BCUT2D eigenvalue weighted by molar-refractivity contribution is 8.00. The van der Waals surface area contributed by atoms with E-state index in [0.29, 0.717) is 10.2 Å². The molecule has 1 aliphatic carbocycles. The fourth-order valence-electron chi connectivity index (χ4n) is 3.59. The van der Waals surface area contributed by atoms with Crippen molar-refractivity contribution in [3.63, 3.8) is 0 Å². The summed E-state index contributed by atoms with van der Waals surface area (Å²) in [7, 11) is 2.11. The lowest BCUT2D eigenvalue weighted by atomic mass is 9.85. The monoisotopic (exact) mass is 270 g/mol.